The largest absolute Gasteiger partial charge is 0.325 e. The summed E-state index contributed by atoms with van der Waals surface area (Å²) in [6, 6.07) is 27.0. The lowest BCUT2D eigenvalue weighted by Gasteiger charge is -2.12. The minimum Gasteiger partial charge on any atom is -0.325 e. The van der Waals surface area contributed by atoms with Gasteiger partial charge in [0.15, 0.2) is 10.9 Å². The molecule has 1 amide bonds. The molecule has 1 aromatic heterocycles. The van der Waals surface area contributed by atoms with E-state index in [0.717, 1.165) is 22.1 Å². The quantitative estimate of drug-likeness (QED) is 0.314. The lowest BCUT2D eigenvalue weighted by Crippen LogP contribution is -2.15. The maximum absolute atomic E-state index is 12.5. The number of carbonyl (C=O) groups is 2. The molecule has 154 valence electrons. The van der Waals surface area contributed by atoms with Crippen molar-refractivity contribution >= 4 is 29.1 Å². The lowest BCUT2D eigenvalue weighted by molar-refractivity contribution is -0.113. The SMILES string of the molecule is CC(=O)c1cccc(NC(=O)CSc2ncc(-c3ccccc3)n2-c2ccccc2)c1. The van der Waals surface area contributed by atoms with Crippen molar-refractivity contribution in [3.63, 3.8) is 0 Å². The molecule has 4 rings (SSSR count). The molecule has 0 aliphatic rings. The third-order valence-corrected chi connectivity index (χ3v) is 5.65. The number of amides is 1. The number of anilines is 1. The van der Waals surface area contributed by atoms with Crippen molar-refractivity contribution in [3.8, 4) is 16.9 Å². The van der Waals surface area contributed by atoms with E-state index in [4.69, 9.17) is 0 Å². The van der Waals surface area contributed by atoms with Gasteiger partial charge in [-0.1, -0.05) is 72.4 Å². The first-order valence-corrected chi connectivity index (χ1v) is 10.8. The summed E-state index contributed by atoms with van der Waals surface area (Å²) in [5.41, 5.74) is 4.17. The van der Waals surface area contributed by atoms with E-state index >= 15 is 0 Å². The van der Waals surface area contributed by atoms with Gasteiger partial charge in [0.2, 0.25) is 5.91 Å². The summed E-state index contributed by atoms with van der Waals surface area (Å²) in [5.74, 6) is 0.000856. The van der Waals surface area contributed by atoms with Crippen molar-refractivity contribution in [1.29, 1.82) is 0 Å². The first-order chi connectivity index (χ1) is 15.1. The molecular weight excluding hydrogens is 406 g/mol. The number of nitrogens with one attached hydrogen (secondary N) is 1. The summed E-state index contributed by atoms with van der Waals surface area (Å²) in [5, 5.41) is 3.59. The van der Waals surface area contributed by atoms with Gasteiger partial charge in [-0.3, -0.25) is 14.2 Å². The Bertz CT molecular complexity index is 1200. The van der Waals surface area contributed by atoms with E-state index in [1.165, 1.54) is 18.7 Å². The highest BCUT2D eigenvalue weighted by atomic mass is 32.2. The smallest absolute Gasteiger partial charge is 0.234 e. The molecule has 0 radical (unpaired) electrons. The molecule has 31 heavy (non-hydrogen) atoms. The van der Waals surface area contributed by atoms with Crippen LogP contribution < -0.4 is 5.32 Å². The van der Waals surface area contributed by atoms with Crippen LogP contribution in [0.4, 0.5) is 5.69 Å². The average Bonchev–Trinajstić information content (AvgIpc) is 3.23. The van der Waals surface area contributed by atoms with Crippen LogP contribution in [-0.2, 0) is 4.79 Å². The third-order valence-electron chi connectivity index (χ3n) is 4.70. The molecule has 0 unspecified atom stereocenters. The maximum atomic E-state index is 12.5. The van der Waals surface area contributed by atoms with Gasteiger partial charge in [0.1, 0.15) is 0 Å². The highest BCUT2D eigenvalue weighted by molar-refractivity contribution is 7.99. The maximum Gasteiger partial charge on any atom is 0.234 e. The minimum absolute atomic E-state index is 0.0381. The number of ketones is 1. The van der Waals surface area contributed by atoms with Crippen LogP contribution in [0.1, 0.15) is 17.3 Å². The summed E-state index contributed by atoms with van der Waals surface area (Å²) in [6.07, 6.45) is 1.83. The summed E-state index contributed by atoms with van der Waals surface area (Å²) in [7, 11) is 0. The summed E-state index contributed by atoms with van der Waals surface area (Å²) >= 11 is 1.37. The number of Topliss-reactive ketones (excluding diaryl/α,β-unsaturated/α-hetero) is 1. The van der Waals surface area contributed by atoms with Crippen molar-refractivity contribution in [2.45, 2.75) is 12.1 Å². The Morgan fingerprint density at radius 1 is 0.935 bits per heavy atom. The minimum atomic E-state index is -0.158. The molecule has 0 aliphatic heterocycles. The molecule has 3 aromatic carbocycles. The Kier molecular flexibility index (Phi) is 6.29. The number of para-hydroxylation sites is 1. The molecule has 0 fully saturated rings. The molecular formula is C25H21N3O2S. The molecule has 0 saturated heterocycles. The number of hydrogen-bond acceptors (Lipinski definition) is 4. The van der Waals surface area contributed by atoms with E-state index in [1.807, 2.05) is 66.9 Å². The second kappa shape index (κ2) is 9.45. The van der Waals surface area contributed by atoms with Crippen molar-refractivity contribution in [3.05, 3.63) is 96.7 Å². The van der Waals surface area contributed by atoms with Crippen molar-refractivity contribution in [1.82, 2.24) is 9.55 Å². The van der Waals surface area contributed by atoms with Crippen LogP contribution in [-0.4, -0.2) is 27.0 Å². The predicted octanol–water partition coefficient (Wildman–Crippen LogP) is 5.47. The number of imidazole rings is 1. The van der Waals surface area contributed by atoms with Crippen LogP contribution in [0.15, 0.2) is 96.3 Å². The average molecular weight is 428 g/mol. The number of nitrogens with zero attached hydrogens (tertiary/aromatic N) is 2. The van der Waals surface area contributed by atoms with Gasteiger partial charge in [0.25, 0.3) is 0 Å². The molecule has 0 saturated carbocycles. The van der Waals surface area contributed by atoms with Crippen molar-refractivity contribution < 1.29 is 9.59 Å². The van der Waals surface area contributed by atoms with Crippen LogP contribution in [0, 0.1) is 0 Å². The Morgan fingerprint density at radius 2 is 1.65 bits per heavy atom. The van der Waals surface area contributed by atoms with Crippen molar-refractivity contribution in [2.75, 3.05) is 11.1 Å². The second-order valence-corrected chi connectivity index (χ2v) is 7.88. The molecule has 1 N–H and O–H groups in total. The normalized spacial score (nSPS) is 10.6. The van der Waals surface area contributed by atoms with Crippen LogP contribution in [0.2, 0.25) is 0 Å². The zero-order chi connectivity index (χ0) is 21.6. The van der Waals surface area contributed by atoms with Gasteiger partial charge >= 0.3 is 0 Å². The van der Waals surface area contributed by atoms with Gasteiger partial charge in [-0.2, -0.15) is 0 Å². The fourth-order valence-electron chi connectivity index (χ4n) is 3.22. The fraction of sp³-hybridized carbons (Fsp3) is 0.0800. The molecule has 5 nitrogen and oxygen atoms in total. The Hall–Kier alpha value is -3.64. The van der Waals surface area contributed by atoms with Gasteiger partial charge in [-0.25, -0.2) is 4.98 Å². The first kappa shape index (κ1) is 20.6. The zero-order valence-corrected chi connectivity index (χ0v) is 17.8. The Morgan fingerprint density at radius 3 is 2.35 bits per heavy atom. The number of aromatic nitrogens is 2. The monoisotopic (exact) mass is 427 g/mol. The van der Waals surface area contributed by atoms with Crippen LogP contribution >= 0.6 is 11.8 Å². The molecule has 4 aromatic rings. The molecule has 0 bridgehead atoms. The van der Waals surface area contributed by atoms with Gasteiger partial charge in [-0.05, 0) is 31.2 Å². The Balaban J connectivity index is 1.55. The predicted molar refractivity (Wildman–Crippen MR) is 125 cm³/mol. The number of benzene rings is 3. The van der Waals surface area contributed by atoms with Crippen LogP contribution in [0.25, 0.3) is 16.9 Å². The number of thioether (sulfide) groups is 1. The fourth-order valence-corrected chi connectivity index (χ4v) is 4.01. The Labute approximate surface area is 185 Å². The summed E-state index contributed by atoms with van der Waals surface area (Å²) in [6.45, 7) is 1.50. The molecule has 6 heteroatoms. The van der Waals surface area contributed by atoms with E-state index in [2.05, 4.69) is 14.9 Å². The highest BCUT2D eigenvalue weighted by Crippen LogP contribution is 2.29. The molecule has 1 heterocycles. The second-order valence-electron chi connectivity index (χ2n) is 6.94. The molecule has 0 atom stereocenters. The van der Waals surface area contributed by atoms with E-state index in [0.29, 0.717) is 11.3 Å². The number of rotatable bonds is 7. The van der Waals surface area contributed by atoms with Crippen molar-refractivity contribution in [2.24, 2.45) is 0 Å². The van der Waals surface area contributed by atoms with Gasteiger partial charge in [-0.15, -0.1) is 0 Å². The first-order valence-electron chi connectivity index (χ1n) is 9.84. The van der Waals surface area contributed by atoms with Crippen LogP contribution in [0.5, 0.6) is 0 Å². The van der Waals surface area contributed by atoms with E-state index in [9.17, 15) is 9.59 Å². The number of hydrogen-bond donors (Lipinski definition) is 1. The lowest BCUT2D eigenvalue weighted by atomic mass is 10.1. The summed E-state index contributed by atoms with van der Waals surface area (Å²) < 4.78 is 2.06. The van der Waals surface area contributed by atoms with Gasteiger partial charge in [0.05, 0.1) is 17.6 Å². The topological polar surface area (TPSA) is 64.0 Å². The van der Waals surface area contributed by atoms with E-state index < -0.39 is 0 Å². The van der Waals surface area contributed by atoms with Gasteiger partial charge < -0.3 is 5.32 Å². The van der Waals surface area contributed by atoms with Gasteiger partial charge in [0, 0.05) is 22.5 Å². The van der Waals surface area contributed by atoms with E-state index in [1.54, 1.807) is 24.3 Å². The standard InChI is InChI=1S/C25H21N3O2S/c1-18(29)20-11-8-12-21(15-20)27-24(30)17-31-25-26-16-23(19-9-4-2-5-10-19)28(25)22-13-6-3-7-14-22/h2-16H,17H2,1H3,(H,27,30). The summed E-state index contributed by atoms with van der Waals surface area (Å²) in [4.78, 5) is 28.7. The van der Waals surface area contributed by atoms with Crippen LogP contribution in [0.3, 0.4) is 0 Å². The molecule has 0 spiro atoms. The highest BCUT2D eigenvalue weighted by Gasteiger charge is 2.15. The molecule has 0 aliphatic carbocycles. The zero-order valence-electron chi connectivity index (χ0n) is 17.0. The van der Waals surface area contributed by atoms with E-state index in [-0.39, 0.29) is 17.4 Å². The third kappa shape index (κ3) is 4.92. The number of carbonyl (C=O) groups excluding carboxylic acids is 2.